The van der Waals surface area contributed by atoms with Crippen LogP contribution in [0.2, 0.25) is 0 Å². The minimum Gasteiger partial charge on any atom is -0.338 e. The number of nitrogens with zero attached hydrogens (tertiary/aromatic N) is 4. The fourth-order valence-corrected chi connectivity index (χ4v) is 4.50. The molecule has 158 valence electrons. The number of halogens is 1. The first-order valence-corrected chi connectivity index (χ1v) is 10.2. The minimum absolute atomic E-state index is 0.0271. The standard InChI is InChI=1S/C23H21FN4O3/c1-14-2-4-15(5-3-14)10-28-23(31)22(30)27-12-17-11-26(13-19(17)20(27)25-28)21(29)16-6-8-18(24)9-7-16/h2-9,17,19H,10-13H2,1H3/t17-,19-/m1/s1. The van der Waals surface area contributed by atoms with Gasteiger partial charge in [-0.3, -0.25) is 19.0 Å². The zero-order chi connectivity index (χ0) is 21.7. The van der Waals surface area contributed by atoms with E-state index in [1.165, 1.54) is 33.5 Å². The van der Waals surface area contributed by atoms with Gasteiger partial charge in [0.2, 0.25) is 0 Å². The van der Waals surface area contributed by atoms with Crippen molar-refractivity contribution in [2.24, 2.45) is 5.92 Å². The van der Waals surface area contributed by atoms with E-state index >= 15 is 0 Å². The average molecular weight is 420 g/mol. The second-order valence-electron chi connectivity index (χ2n) is 8.31. The second kappa shape index (κ2) is 7.30. The topological polar surface area (TPSA) is 77.2 Å². The average Bonchev–Trinajstić information content (AvgIpc) is 3.32. The predicted molar refractivity (Wildman–Crippen MR) is 112 cm³/mol. The number of hydrogen-bond donors (Lipinski definition) is 0. The first kappa shape index (κ1) is 19.4. The van der Waals surface area contributed by atoms with Crippen LogP contribution in [0.4, 0.5) is 4.39 Å². The molecular formula is C23H21FN4O3. The Kier molecular flexibility index (Phi) is 4.57. The molecule has 1 fully saturated rings. The highest BCUT2D eigenvalue weighted by molar-refractivity contribution is 5.94. The van der Waals surface area contributed by atoms with E-state index in [4.69, 9.17) is 0 Å². The van der Waals surface area contributed by atoms with Crippen molar-refractivity contribution < 1.29 is 9.18 Å². The molecule has 0 unspecified atom stereocenters. The molecule has 31 heavy (non-hydrogen) atoms. The molecule has 2 atom stereocenters. The van der Waals surface area contributed by atoms with Gasteiger partial charge >= 0.3 is 11.1 Å². The molecule has 3 heterocycles. The zero-order valence-electron chi connectivity index (χ0n) is 17.0. The lowest BCUT2D eigenvalue weighted by Crippen LogP contribution is -2.44. The van der Waals surface area contributed by atoms with Crippen molar-refractivity contribution in [1.29, 1.82) is 0 Å². The van der Waals surface area contributed by atoms with Crippen LogP contribution in [0.3, 0.4) is 0 Å². The summed E-state index contributed by atoms with van der Waals surface area (Å²) in [4.78, 5) is 39.8. The van der Waals surface area contributed by atoms with Gasteiger partial charge in [0.15, 0.2) is 0 Å². The van der Waals surface area contributed by atoms with Gasteiger partial charge in [-0.05, 0) is 36.8 Å². The fraction of sp³-hybridized carbons (Fsp3) is 0.304. The summed E-state index contributed by atoms with van der Waals surface area (Å²) in [6.45, 7) is 3.46. The fourth-order valence-electron chi connectivity index (χ4n) is 4.50. The lowest BCUT2D eigenvalue weighted by Gasteiger charge is -2.18. The lowest BCUT2D eigenvalue weighted by atomic mass is 10.00. The summed E-state index contributed by atoms with van der Waals surface area (Å²) in [6, 6.07) is 13.2. The second-order valence-corrected chi connectivity index (χ2v) is 8.31. The summed E-state index contributed by atoms with van der Waals surface area (Å²) in [7, 11) is 0. The van der Waals surface area contributed by atoms with Gasteiger partial charge in [-0.15, -0.1) is 0 Å². The maximum Gasteiger partial charge on any atom is 0.332 e. The van der Waals surface area contributed by atoms with E-state index < -0.39 is 11.1 Å². The van der Waals surface area contributed by atoms with E-state index in [9.17, 15) is 18.8 Å². The van der Waals surface area contributed by atoms with E-state index in [0.29, 0.717) is 31.0 Å². The van der Waals surface area contributed by atoms with E-state index in [0.717, 1.165) is 11.1 Å². The van der Waals surface area contributed by atoms with Crippen molar-refractivity contribution in [2.75, 3.05) is 13.1 Å². The third kappa shape index (κ3) is 3.37. The number of carbonyl (C=O) groups is 1. The van der Waals surface area contributed by atoms with Gasteiger partial charge in [-0.2, -0.15) is 5.10 Å². The Bertz CT molecular complexity index is 1280. The summed E-state index contributed by atoms with van der Waals surface area (Å²) in [5.74, 6) is -0.0903. The molecule has 3 aromatic rings. The number of aromatic nitrogens is 3. The highest BCUT2D eigenvalue weighted by atomic mass is 19.1. The van der Waals surface area contributed by atoms with Crippen molar-refractivity contribution >= 4 is 5.91 Å². The first-order chi connectivity index (χ1) is 14.9. The molecule has 0 saturated carbocycles. The summed E-state index contributed by atoms with van der Waals surface area (Å²) in [5, 5.41) is 4.53. The molecule has 2 aromatic carbocycles. The Morgan fingerprint density at radius 3 is 2.42 bits per heavy atom. The number of benzene rings is 2. The maximum absolute atomic E-state index is 13.2. The predicted octanol–water partition coefficient (Wildman–Crippen LogP) is 1.77. The molecule has 1 amide bonds. The maximum atomic E-state index is 13.2. The Labute approximate surface area is 177 Å². The highest BCUT2D eigenvalue weighted by Crippen LogP contribution is 2.37. The van der Waals surface area contributed by atoms with E-state index in [1.54, 1.807) is 4.90 Å². The highest BCUT2D eigenvalue weighted by Gasteiger charge is 2.44. The van der Waals surface area contributed by atoms with Gasteiger partial charge in [0, 0.05) is 37.0 Å². The SMILES string of the molecule is Cc1ccc(Cn2nc3n(c(=O)c2=O)C[C@H]2CN(C(=O)c4ccc(F)cc4)C[C@@H]32)cc1. The van der Waals surface area contributed by atoms with Crippen LogP contribution in [-0.2, 0) is 13.1 Å². The van der Waals surface area contributed by atoms with Crippen LogP contribution in [0.1, 0.15) is 33.2 Å². The van der Waals surface area contributed by atoms with Crippen LogP contribution in [-0.4, -0.2) is 38.2 Å². The summed E-state index contributed by atoms with van der Waals surface area (Å²) in [6.07, 6.45) is 0. The first-order valence-electron chi connectivity index (χ1n) is 10.2. The Balaban J connectivity index is 1.43. The molecule has 7 nitrogen and oxygen atoms in total. The molecule has 5 rings (SSSR count). The minimum atomic E-state index is -0.636. The molecule has 2 aliphatic heterocycles. The van der Waals surface area contributed by atoms with E-state index in [2.05, 4.69) is 5.10 Å². The van der Waals surface area contributed by atoms with Crippen molar-refractivity contribution in [3.8, 4) is 0 Å². The molecule has 0 spiro atoms. The van der Waals surface area contributed by atoms with Gasteiger partial charge in [0.05, 0.1) is 6.54 Å². The van der Waals surface area contributed by atoms with E-state index in [1.807, 2.05) is 31.2 Å². The van der Waals surface area contributed by atoms with Gasteiger partial charge < -0.3 is 4.90 Å². The Hall–Kier alpha value is -3.55. The van der Waals surface area contributed by atoms with Crippen LogP contribution >= 0.6 is 0 Å². The number of rotatable bonds is 3. The van der Waals surface area contributed by atoms with Gasteiger partial charge in [-0.25, -0.2) is 9.07 Å². The van der Waals surface area contributed by atoms with Crippen LogP contribution < -0.4 is 11.1 Å². The Morgan fingerprint density at radius 1 is 1.00 bits per heavy atom. The molecule has 8 heteroatoms. The van der Waals surface area contributed by atoms with Crippen molar-refractivity contribution in [3.63, 3.8) is 0 Å². The smallest absolute Gasteiger partial charge is 0.332 e. The monoisotopic (exact) mass is 420 g/mol. The van der Waals surface area contributed by atoms with Crippen molar-refractivity contribution in [1.82, 2.24) is 19.2 Å². The molecular weight excluding hydrogens is 399 g/mol. The summed E-state index contributed by atoms with van der Waals surface area (Å²) < 4.78 is 15.9. The summed E-state index contributed by atoms with van der Waals surface area (Å²) in [5.41, 5.74) is 1.22. The van der Waals surface area contributed by atoms with Crippen LogP contribution in [0.25, 0.3) is 0 Å². The molecule has 2 aliphatic rings. The molecule has 0 aliphatic carbocycles. The van der Waals surface area contributed by atoms with Gasteiger partial charge in [-0.1, -0.05) is 29.8 Å². The third-order valence-electron chi connectivity index (χ3n) is 6.18. The molecule has 0 N–H and O–H groups in total. The summed E-state index contributed by atoms with van der Waals surface area (Å²) >= 11 is 0. The molecule has 1 saturated heterocycles. The quantitative estimate of drug-likeness (QED) is 0.605. The Morgan fingerprint density at radius 2 is 1.71 bits per heavy atom. The normalized spacial score (nSPS) is 19.4. The number of aryl methyl sites for hydroxylation is 1. The number of amides is 1. The van der Waals surface area contributed by atoms with E-state index in [-0.39, 0.29) is 30.1 Å². The molecule has 1 aromatic heterocycles. The van der Waals surface area contributed by atoms with Gasteiger partial charge in [0.1, 0.15) is 11.6 Å². The van der Waals surface area contributed by atoms with Crippen molar-refractivity contribution in [2.45, 2.75) is 25.9 Å². The molecule has 0 bridgehead atoms. The number of fused-ring (bicyclic) bond motifs is 3. The van der Waals surface area contributed by atoms with Gasteiger partial charge in [0.25, 0.3) is 5.91 Å². The van der Waals surface area contributed by atoms with Crippen LogP contribution in [0.5, 0.6) is 0 Å². The van der Waals surface area contributed by atoms with Crippen LogP contribution in [0, 0.1) is 18.7 Å². The largest absolute Gasteiger partial charge is 0.338 e. The van der Waals surface area contributed by atoms with Crippen molar-refractivity contribution in [3.05, 3.63) is 97.6 Å². The zero-order valence-corrected chi connectivity index (χ0v) is 17.0. The number of likely N-dealkylation sites (tertiary alicyclic amines) is 1. The van der Waals surface area contributed by atoms with Crippen LogP contribution in [0.15, 0.2) is 58.1 Å². The third-order valence-corrected chi connectivity index (χ3v) is 6.18. The number of hydrogen-bond acceptors (Lipinski definition) is 4. The number of carbonyl (C=O) groups excluding carboxylic acids is 1. The lowest BCUT2D eigenvalue weighted by molar-refractivity contribution is 0.0783. The molecule has 0 radical (unpaired) electrons.